The predicted molar refractivity (Wildman–Crippen MR) is 88.8 cm³/mol. The van der Waals surface area contributed by atoms with Crippen LogP contribution in [0.3, 0.4) is 0 Å². The van der Waals surface area contributed by atoms with Gasteiger partial charge in [0.05, 0.1) is 11.3 Å². The standard InChI is InChI=1S/C16H15ClN6O/c1-11-12(9-18)2-3-13(21-11)16(24)23-6-4-22(5-7-23)15-8-14(17)19-10-20-15/h2-3,8,10H,4-7H2,1H3. The first-order valence-corrected chi connectivity index (χ1v) is 7.86. The second-order valence-corrected chi connectivity index (χ2v) is 5.81. The molecule has 0 saturated carbocycles. The number of amides is 1. The lowest BCUT2D eigenvalue weighted by Crippen LogP contribution is -2.49. The fourth-order valence-electron chi connectivity index (χ4n) is 2.60. The minimum Gasteiger partial charge on any atom is -0.353 e. The molecule has 2 aromatic heterocycles. The van der Waals surface area contributed by atoms with Crippen LogP contribution in [0.15, 0.2) is 24.5 Å². The molecule has 3 rings (SSSR count). The highest BCUT2D eigenvalue weighted by Crippen LogP contribution is 2.17. The number of anilines is 1. The Balaban J connectivity index is 1.67. The van der Waals surface area contributed by atoms with Crippen molar-refractivity contribution in [1.82, 2.24) is 19.9 Å². The zero-order valence-electron chi connectivity index (χ0n) is 13.1. The normalized spacial score (nSPS) is 14.4. The fourth-order valence-corrected chi connectivity index (χ4v) is 2.74. The molecule has 0 spiro atoms. The van der Waals surface area contributed by atoms with E-state index < -0.39 is 0 Å². The second kappa shape index (κ2) is 6.81. The molecule has 0 radical (unpaired) electrons. The monoisotopic (exact) mass is 342 g/mol. The Morgan fingerprint density at radius 3 is 2.62 bits per heavy atom. The van der Waals surface area contributed by atoms with Crippen molar-refractivity contribution in [2.24, 2.45) is 0 Å². The molecule has 0 bridgehead atoms. The smallest absolute Gasteiger partial charge is 0.272 e. The third kappa shape index (κ3) is 3.29. The maximum atomic E-state index is 12.6. The van der Waals surface area contributed by atoms with Crippen LogP contribution in [0.1, 0.15) is 21.7 Å². The fraction of sp³-hybridized carbons (Fsp3) is 0.312. The van der Waals surface area contributed by atoms with Gasteiger partial charge in [-0.05, 0) is 19.1 Å². The topological polar surface area (TPSA) is 86.0 Å². The number of nitriles is 1. The average molecular weight is 343 g/mol. The van der Waals surface area contributed by atoms with Crippen LogP contribution in [-0.4, -0.2) is 51.9 Å². The van der Waals surface area contributed by atoms with Crippen molar-refractivity contribution in [3.05, 3.63) is 46.6 Å². The molecule has 1 aliphatic rings. The van der Waals surface area contributed by atoms with Gasteiger partial charge in [-0.1, -0.05) is 11.6 Å². The van der Waals surface area contributed by atoms with Crippen LogP contribution >= 0.6 is 11.6 Å². The van der Waals surface area contributed by atoms with Gasteiger partial charge in [0.25, 0.3) is 5.91 Å². The number of rotatable bonds is 2. The van der Waals surface area contributed by atoms with E-state index >= 15 is 0 Å². The molecule has 3 heterocycles. The summed E-state index contributed by atoms with van der Waals surface area (Å²) in [5.41, 5.74) is 1.42. The van der Waals surface area contributed by atoms with Gasteiger partial charge in [-0.3, -0.25) is 4.79 Å². The first kappa shape index (κ1) is 16.1. The molecule has 0 aromatic carbocycles. The molecule has 0 unspecified atom stereocenters. The van der Waals surface area contributed by atoms with Crippen molar-refractivity contribution < 1.29 is 4.79 Å². The van der Waals surface area contributed by atoms with Crippen molar-refractivity contribution >= 4 is 23.3 Å². The molecule has 0 aliphatic carbocycles. The Hall–Kier alpha value is -2.72. The van der Waals surface area contributed by atoms with E-state index in [-0.39, 0.29) is 5.91 Å². The van der Waals surface area contributed by atoms with E-state index in [1.54, 1.807) is 30.0 Å². The number of hydrogen-bond acceptors (Lipinski definition) is 6. The minimum absolute atomic E-state index is 0.122. The Morgan fingerprint density at radius 2 is 2.00 bits per heavy atom. The molecule has 1 amide bonds. The summed E-state index contributed by atoms with van der Waals surface area (Å²) in [7, 11) is 0. The number of aryl methyl sites for hydroxylation is 1. The summed E-state index contributed by atoms with van der Waals surface area (Å²) in [4.78, 5) is 28.7. The molecule has 0 N–H and O–H groups in total. The van der Waals surface area contributed by atoms with Gasteiger partial charge in [0.2, 0.25) is 0 Å². The molecule has 8 heteroatoms. The summed E-state index contributed by atoms with van der Waals surface area (Å²) in [5, 5.41) is 9.34. The molecular weight excluding hydrogens is 328 g/mol. The third-order valence-corrected chi connectivity index (χ3v) is 4.14. The largest absolute Gasteiger partial charge is 0.353 e. The summed E-state index contributed by atoms with van der Waals surface area (Å²) in [6, 6.07) is 7.00. The Morgan fingerprint density at radius 1 is 1.25 bits per heavy atom. The Bertz CT molecular complexity index is 810. The highest BCUT2D eigenvalue weighted by molar-refractivity contribution is 6.29. The van der Waals surface area contributed by atoms with Crippen molar-refractivity contribution in [3.63, 3.8) is 0 Å². The number of carbonyl (C=O) groups is 1. The number of hydrogen-bond donors (Lipinski definition) is 0. The van der Waals surface area contributed by atoms with Gasteiger partial charge in [-0.2, -0.15) is 5.26 Å². The van der Waals surface area contributed by atoms with Gasteiger partial charge in [0.15, 0.2) is 0 Å². The summed E-state index contributed by atoms with van der Waals surface area (Å²) in [5.74, 6) is 0.636. The Kier molecular flexibility index (Phi) is 4.58. The quantitative estimate of drug-likeness (QED) is 0.772. The highest BCUT2D eigenvalue weighted by Gasteiger charge is 2.24. The SMILES string of the molecule is Cc1nc(C(=O)N2CCN(c3cc(Cl)ncn3)CC2)ccc1C#N. The van der Waals surface area contributed by atoms with E-state index in [4.69, 9.17) is 16.9 Å². The molecule has 7 nitrogen and oxygen atoms in total. The lowest BCUT2D eigenvalue weighted by Gasteiger charge is -2.35. The van der Waals surface area contributed by atoms with E-state index in [0.29, 0.717) is 48.3 Å². The van der Waals surface area contributed by atoms with Crippen LogP contribution in [0, 0.1) is 18.3 Å². The van der Waals surface area contributed by atoms with Crippen LogP contribution in [-0.2, 0) is 0 Å². The zero-order valence-corrected chi connectivity index (χ0v) is 13.9. The molecule has 24 heavy (non-hydrogen) atoms. The van der Waals surface area contributed by atoms with Gasteiger partial charge in [0, 0.05) is 32.2 Å². The van der Waals surface area contributed by atoms with E-state index in [1.807, 2.05) is 0 Å². The summed E-state index contributed by atoms with van der Waals surface area (Å²) < 4.78 is 0. The zero-order chi connectivity index (χ0) is 17.1. The summed E-state index contributed by atoms with van der Waals surface area (Å²) in [6.45, 7) is 4.19. The molecule has 122 valence electrons. The van der Waals surface area contributed by atoms with Crippen LogP contribution in [0.2, 0.25) is 5.15 Å². The van der Waals surface area contributed by atoms with Crippen molar-refractivity contribution in [3.8, 4) is 6.07 Å². The summed E-state index contributed by atoms with van der Waals surface area (Å²) >= 11 is 5.89. The van der Waals surface area contributed by atoms with Gasteiger partial charge >= 0.3 is 0 Å². The first-order chi connectivity index (χ1) is 11.6. The van der Waals surface area contributed by atoms with Gasteiger partial charge in [0.1, 0.15) is 29.1 Å². The van der Waals surface area contributed by atoms with E-state index in [2.05, 4.69) is 25.9 Å². The number of aromatic nitrogens is 3. The van der Waals surface area contributed by atoms with Crippen LogP contribution in [0.5, 0.6) is 0 Å². The Labute approximate surface area is 144 Å². The average Bonchev–Trinajstić information content (AvgIpc) is 2.61. The van der Waals surface area contributed by atoms with Gasteiger partial charge in [-0.25, -0.2) is 15.0 Å². The number of piperazine rings is 1. The van der Waals surface area contributed by atoms with E-state index in [9.17, 15) is 4.79 Å². The van der Waals surface area contributed by atoms with Crippen molar-refractivity contribution in [2.75, 3.05) is 31.1 Å². The lowest BCUT2D eigenvalue weighted by atomic mass is 10.2. The number of pyridine rings is 1. The molecular formula is C16H15ClN6O. The molecule has 1 aliphatic heterocycles. The molecule has 1 fully saturated rings. The third-order valence-electron chi connectivity index (χ3n) is 3.94. The first-order valence-electron chi connectivity index (χ1n) is 7.48. The maximum absolute atomic E-state index is 12.6. The second-order valence-electron chi connectivity index (χ2n) is 5.42. The molecule has 0 atom stereocenters. The lowest BCUT2D eigenvalue weighted by molar-refractivity contribution is 0.0740. The van der Waals surface area contributed by atoms with Gasteiger partial charge < -0.3 is 9.80 Å². The van der Waals surface area contributed by atoms with E-state index in [1.165, 1.54) is 6.33 Å². The predicted octanol–water partition coefficient (Wildman–Crippen LogP) is 1.67. The van der Waals surface area contributed by atoms with Crippen LogP contribution in [0.4, 0.5) is 5.82 Å². The van der Waals surface area contributed by atoms with Crippen molar-refractivity contribution in [1.29, 1.82) is 5.26 Å². The maximum Gasteiger partial charge on any atom is 0.272 e. The van der Waals surface area contributed by atoms with Crippen molar-refractivity contribution in [2.45, 2.75) is 6.92 Å². The van der Waals surface area contributed by atoms with Crippen LogP contribution in [0.25, 0.3) is 0 Å². The van der Waals surface area contributed by atoms with Gasteiger partial charge in [-0.15, -0.1) is 0 Å². The number of halogens is 1. The number of carbonyl (C=O) groups excluding carboxylic acids is 1. The molecule has 2 aromatic rings. The number of nitrogens with zero attached hydrogens (tertiary/aromatic N) is 6. The molecule has 1 saturated heterocycles. The minimum atomic E-state index is -0.122. The van der Waals surface area contributed by atoms with E-state index in [0.717, 1.165) is 5.82 Å². The summed E-state index contributed by atoms with van der Waals surface area (Å²) in [6.07, 6.45) is 1.43. The highest BCUT2D eigenvalue weighted by atomic mass is 35.5. The van der Waals surface area contributed by atoms with Crippen LogP contribution < -0.4 is 4.90 Å².